The van der Waals surface area contributed by atoms with Crippen molar-refractivity contribution in [3.05, 3.63) is 53.6 Å². The minimum Gasteiger partial charge on any atom is -0.473 e. The molecule has 3 N–H and O–H groups in total. The molecule has 36 heavy (non-hydrogen) atoms. The van der Waals surface area contributed by atoms with Crippen molar-refractivity contribution in [1.29, 1.82) is 0 Å². The lowest BCUT2D eigenvalue weighted by molar-refractivity contribution is 0.234. The van der Waals surface area contributed by atoms with Crippen LogP contribution in [0.3, 0.4) is 0 Å². The van der Waals surface area contributed by atoms with Gasteiger partial charge in [0.2, 0.25) is 11.8 Å². The van der Waals surface area contributed by atoms with Gasteiger partial charge in [-0.1, -0.05) is 0 Å². The first-order valence-corrected chi connectivity index (χ1v) is 12.1. The molecule has 0 saturated heterocycles. The number of fused-ring (bicyclic) bond motifs is 1. The smallest absolute Gasteiger partial charge is 0.240 e. The minimum absolute atomic E-state index is 0.0634. The first kappa shape index (κ1) is 25.4. The van der Waals surface area contributed by atoms with Gasteiger partial charge in [-0.25, -0.2) is 14.4 Å². The van der Waals surface area contributed by atoms with Gasteiger partial charge >= 0.3 is 0 Å². The monoisotopic (exact) mass is 494 g/mol. The van der Waals surface area contributed by atoms with E-state index in [2.05, 4.69) is 20.1 Å². The van der Waals surface area contributed by atoms with Crippen molar-refractivity contribution in [2.75, 3.05) is 68.7 Å². The summed E-state index contributed by atoms with van der Waals surface area (Å²) in [6, 6.07) is 8.55. The number of nitrogens with two attached hydrogens (primary N) is 1. The van der Waals surface area contributed by atoms with Crippen molar-refractivity contribution in [2.24, 2.45) is 0 Å². The highest BCUT2D eigenvalue weighted by Gasteiger charge is 2.29. The van der Waals surface area contributed by atoms with E-state index in [1.165, 1.54) is 6.07 Å². The Morgan fingerprint density at radius 1 is 1.17 bits per heavy atom. The molecule has 1 atom stereocenters. The maximum atomic E-state index is 14.0. The summed E-state index contributed by atoms with van der Waals surface area (Å²) in [5.41, 5.74) is 10.2. The molecule has 4 rings (SSSR count). The van der Waals surface area contributed by atoms with Gasteiger partial charge in [0.25, 0.3) is 0 Å². The molecule has 3 aromatic rings. The lowest BCUT2D eigenvalue weighted by Crippen LogP contribution is -2.29. The Hall–Kier alpha value is -3.66. The van der Waals surface area contributed by atoms with E-state index >= 15 is 0 Å². The fourth-order valence-corrected chi connectivity index (χ4v) is 4.29. The molecule has 1 unspecified atom stereocenters. The summed E-state index contributed by atoms with van der Waals surface area (Å²) >= 11 is 0. The van der Waals surface area contributed by atoms with Crippen molar-refractivity contribution >= 4 is 28.8 Å². The number of nitrogens with one attached hydrogen (secondary N) is 1. The normalized spacial score (nSPS) is 14.9. The van der Waals surface area contributed by atoms with Crippen LogP contribution in [0.15, 0.2) is 36.5 Å². The van der Waals surface area contributed by atoms with Gasteiger partial charge in [-0.15, -0.1) is 0 Å². The second kappa shape index (κ2) is 10.5. The zero-order valence-electron chi connectivity index (χ0n) is 21.8. The summed E-state index contributed by atoms with van der Waals surface area (Å²) in [4.78, 5) is 20.1. The lowest BCUT2D eigenvalue weighted by atomic mass is 9.97. The van der Waals surface area contributed by atoms with Crippen molar-refractivity contribution in [3.63, 3.8) is 0 Å². The molecule has 0 saturated carbocycles. The number of nitrogen functional groups attached to an aromatic ring is 1. The molecular weight excluding hydrogens is 459 g/mol. The second-order valence-corrected chi connectivity index (χ2v) is 9.71. The van der Waals surface area contributed by atoms with Gasteiger partial charge in [0.15, 0.2) is 5.82 Å². The molecule has 1 aliphatic rings. The van der Waals surface area contributed by atoms with Crippen LogP contribution in [0, 0.1) is 5.82 Å². The topological polar surface area (TPSA) is 95.7 Å². The van der Waals surface area contributed by atoms with E-state index in [-0.39, 0.29) is 17.8 Å². The number of halogens is 1. The zero-order chi connectivity index (χ0) is 26.0. The number of hydrogen-bond donors (Lipinski definition) is 2. The van der Waals surface area contributed by atoms with E-state index < -0.39 is 0 Å². The zero-order valence-corrected chi connectivity index (χ0v) is 21.8. The van der Waals surface area contributed by atoms with Crippen LogP contribution in [0.5, 0.6) is 5.88 Å². The van der Waals surface area contributed by atoms with Gasteiger partial charge in [0.1, 0.15) is 11.5 Å². The number of nitrogens with zero attached hydrogens (tertiary/aromatic N) is 6. The quantitative estimate of drug-likeness (QED) is 0.462. The number of benzene rings is 1. The number of rotatable bonds is 9. The number of likely N-dealkylation sites (N-methyl/N-ethyl adjacent to an activating group) is 3. The third-order valence-electron chi connectivity index (χ3n) is 6.10. The van der Waals surface area contributed by atoms with Gasteiger partial charge in [-0.05, 0) is 63.8 Å². The molecule has 3 heterocycles. The predicted octanol–water partition coefficient (Wildman–Crippen LogP) is 3.70. The van der Waals surface area contributed by atoms with E-state index in [0.717, 1.165) is 30.0 Å². The molecule has 0 amide bonds. The molecule has 0 spiro atoms. The molecule has 0 aliphatic carbocycles. The Morgan fingerprint density at radius 2 is 1.94 bits per heavy atom. The van der Waals surface area contributed by atoms with Crippen LogP contribution in [0.2, 0.25) is 0 Å². The SMILES string of the molecule is CC(C)Oc1nc(N(C)CCN(C)C)c(N)cc1Nc1nccc(C2CN(C)c3ccc(F)cc32)n1. The van der Waals surface area contributed by atoms with E-state index in [1.807, 2.05) is 59.1 Å². The van der Waals surface area contributed by atoms with Crippen LogP contribution in [0.25, 0.3) is 0 Å². The molecule has 2 aromatic heterocycles. The molecule has 192 valence electrons. The Bertz CT molecular complexity index is 1220. The van der Waals surface area contributed by atoms with Crippen molar-refractivity contribution in [3.8, 4) is 5.88 Å². The Labute approximate surface area is 212 Å². The Morgan fingerprint density at radius 3 is 2.67 bits per heavy atom. The summed E-state index contributed by atoms with van der Waals surface area (Å²) < 4.78 is 20.0. The first-order valence-electron chi connectivity index (χ1n) is 12.1. The summed E-state index contributed by atoms with van der Waals surface area (Å²) in [6.45, 7) is 6.23. The van der Waals surface area contributed by atoms with E-state index in [9.17, 15) is 4.39 Å². The number of hydrogen-bond acceptors (Lipinski definition) is 9. The fourth-order valence-electron chi connectivity index (χ4n) is 4.29. The van der Waals surface area contributed by atoms with Crippen molar-refractivity contribution < 1.29 is 9.13 Å². The number of anilines is 5. The summed E-state index contributed by atoms with van der Waals surface area (Å²) in [5.74, 6) is 1.15. The van der Waals surface area contributed by atoms with Crippen LogP contribution in [0.1, 0.15) is 31.0 Å². The first-order chi connectivity index (χ1) is 17.1. The largest absolute Gasteiger partial charge is 0.473 e. The van der Waals surface area contributed by atoms with Crippen molar-refractivity contribution in [1.82, 2.24) is 19.9 Å². The molecule has 1 aromatic carbocycles. The highest BCUT2D eigenvalue weighted by atomic mass is 19.1. The van der Waals surface area contributed by atoms with Crippen LogP contribution in [-0.2, 0) is 0 Å². The average Bonchev–Trinajstić information content (AvgIpc) is 3.14. The number of pyridine rings is 1. The summed E-state index contributed by atoms with van der Waals surface area (Å²) in [7, 11) is 8.01. The molecule has 0 bridgehead atoms. The van der Waals surface area contributed by atoms with Gasteiger partial charge in [-0.2, -0.15) is 4.98 Å². The van der Waals surface area contributed by atoms with Crippen molar-refractivity contribution in [2.45, 2.75) is 25.9 Å². The molecule has 9 nitrogen and oxygen atoms in total. The van der Waals surface area contributed by atoms with E-state index in [1.54, 1.807) is 18.3 Å². The maximum absolute atomic E-state index is 14.0. The summed E-state index contributed by atoms with van der Waals surface area (Å²) in [5, 5.41) is 3.24. The molecule has 1 aliphatic heterocycles. The second-order valence-electron chi connectivity index (χ2n) is 9.71. The third-order valence-corrected chi connectivity index (χ3v) is 6.10. The van der Waals surface area contributed by atoms with E-state index in [0.29, 0.717) is 35.6 Å². The highest BCUT2D eigenvalue weighted by molar-refractivity contribution is 5.74. The number of aromatic nitrogens is 3. The lowest BCUT2D eigenvalue weighted by Gasteiger charge is -2.24. The minimum atomic E-state index is -0.255. The Kier molecular flexibility index (Phi) is 7.44. The standard InChI is InChI=1S/C26H35FN8O/c1-16(2)36-25-22(14-20(28)24(32-25)34(5)12-11-33(3)4)31-26-29-10-9-21(30-26)19-15-35(6)23-8-7-17(27)13-18(19)23/h7-10,13-14,16,19H,11-12,15,28H2,1-6H3,(H,29,30,31). The Balaban J connectivity index is 1.63. The van der Waals surface area contributed by atoms with E-state index in [4.69, 9.17) is 20.4 Å². The van der Waals surface area contributed by atoms with Crippen LogP contribution in [-0.4, -0.2) is 73.8 Å². The van der Waals surface area contributed by atoms with Gasteiger partial charge in [0.05, 0.1) is 17.5 Å². The molecule has 0 fully saturated rings. The average molecular weight is 495 g/mol. The molecule has 10 heteroatoms. The fraction of sp³-hybridized carbons (Fsp3) is 0.423. The highest BCUT2D eigenvalue weighted by Crippen LogP contribution is 2.39. The predicted molar refractivity (Wildman–Crippen MR) is 143 cm³/mol. The molecule has 0 radical (unpaired) electrons. The third kappa shape index (κ3) is 5.59. The van der Waals surface area contributed by atoms with Crippen LogP contribution < -0.4 is 25.6 Å². The van der Waals surface area contributed by atoms with Crippen LogP contribution in [0.4, 0.5) is 33.2 Å². The van der Waals surface area contributed by atoms with Crippen LogP contribution >= 0.6 is 0 Å². The number of ether oxygens (including phenoxy) is 1. The van der Waals surface area contributed by atoms with Gasteiger partial charge < -0.3 is 30.5 Å². The molecular formula is C26H35FN8O. The van der Waals surface area contributed by atoms with Gasteiger partial charge in [-0.3, -0.25) is 0 Å². The maximum Gasteiger partial charge on any atom is 0.240 e. The summed E-state index contributed by atoms with van der Waals surface area (Å²) in [6.07, 6.45) is 1.61. The van der Waals surface area contributed by atoms with Gasteiger partial charge in [0, 0.05) is 51.5 Å².